The highest BCUT2D eigenvalue weighted by Crippen LogP contribution is 2.40. The predicted octanol–water partition coefficient (Wildman–Crippen LogP) is 3.55. The Balaban J connectivity index is 1.73. The topological polar surface area (TPSA) is 70.4 Å². The quantitative estimate of drug-likeness (QED) is 0.487. The molecule has 2 aliphatic rings. The van der Waals surface area contributed by atoms with Crippen molar-refractivity contribution in [2.45, 2.75) is 51.9 Å². The number of carbonyl (C=O) groups excluding carboxylic acids is 1. The summed E-state index contributed by atoms with van der Waals surface area (Å²) >= 11 is 0. The van der Waals surface area contributed by atoms with E-state index in [1.54, 1.807) is 4.57 Å². The van der Waals surface area contributed by atoms with Crippen molar-refractivity contribution in [3.63, 3.8) is 0 Å². The van der Waals surface area contributed by atoms with Gasteiger partial charge in [0.1, 0.15) is 12.0 Å². The standard InChI is InChI=1S/C24H24N2O4/c1-4-24(13-30-14(2)3)18-10-20-21-16(9-15-7-5-6-8-19(15)25-21)11-26(20)22(27)17(18)12-29-23(24)28/h5-10,14H,4,11-13H2,1-3H3. The number of aromatic nitrogens is 2. The molecule has 6 heteroatoms. The van der Waals surface area contributed by atoms with Gasteiger partial charge in [-0.1, -0.05) is 25.1 Å². The number of benzene rings is 1. The van der Waals surface area contributed by atoms with Crippen molar-refractivity contribution in [3.05, 3.63) is 63.4 Å². The first kappa shape index (κ1) is 19.0. The van der Waals surface area contributed by atoms with Crippen LogP contribution in [-0.2, 0) is 32.8 Å². The van der Waals surface area contributed by atoms with Crippen LogP contribution in [0.15, 0.2) is 41.2 Å². The van der Waals surface area contributed by atoms with Gasteiger partial charge >= 0.3 is 5.97 Å². The molecule has 3 aromatic rings. The van der Waals surface area contributed by atoms with Gasteiger partial charge < -0.3 is 14.0 Å². The van der Waals surface area contributed by atoms with Crippen LogP contribution in [0.4, 0.5) is 0 Å². The van der Waals surface area contributed by atoms with Gasteiger partial charge in [-0.05, 0) is 44.0 Å². The minimum atomic E-state index is -0.980. The zero-order chi connectivity index (χ0) is 21.0. The molecule has 0 spiro atoms. The third kappa shape index (κ3) is 2.63. The Hall–Kier alpha value is -2.99. The van der Waals surface area contributed by atoms with Crippen LogP contribution in [0.1, 0.15) is 43.9 Å². The average Bonchev–Trinajstić information content (AvgIpc) is 3.09. The molecule has 1 aromatic carbocycles. The Bertz CT molecular complexity index is 1240. The van der Waals surface area contributed by atoms with E-state index in [1.165, 1.54) is 0 Å². The van der Waals surface area contributed by atoms with Crippen molar-refractivity contribution in [2.75, 3.05) is 6.61 Å². The van der Waals surface area contributed by atoms with Crippen LogP contribution >= 0.6 is 0 Å². The summed E-state index contributed by atoms with van der Waals surface area (Å²) in [5.74, 6) is -0.327. The number of hydrogen-bond acceptors (Lipinski definition) is 5. The number of fused-ring (bicyclic) bond motifs is 5. The monoisotopic (exact) mass is 404 g/mol. The van der Waals surface area contributed by atoms with Crippen LogP contribution in [0, 0.1) is 0 Å². The fourth-order valence-electron chi connectivity index (χ4n) is 4.55. The third-order valence-corrected chi connectivity index (χ3v) is 6.29. The van der Waals surface area contributed by atoms with Crippen molar-refractivity contribution in [2.24, 2.45) is 0 Å². The molecular weight excluding hydrogens is 380 g/mol. The fourth-order valence-corrected chi connectivity index (χ4v) is 4.55. The second-order valence-corrected chi connectivity index (χ2v) is 8.37. The number of hydrogen-bond donors (Lipinski definition) is 0. The molecule has 0 fully saturated rings. The highest BCUT2D eigenvalue weighted by atomic mass is 16.5. The molecule has 5 rings (SSSR count). The third-order valence-electron chi connectivity index (χ3n) is 6.29. The summed E-state index contributed by atoms with van der Waals surface area (Å²) in [6, 6.07) is 12.0. The summed E-state index contributed by atoms with van der Waals surface area (Å²) < 4.78 is 13.1. The lowest BCUT2D eigenvalue weighted by Gasteiger charge is -2.36. The number of pyridine rings is 2. The van der Waals surface area contributed by atoms with E-state index in [1.807, 2.05) is 51.1 Å². The van der Waals surface area contributed by atoms with Gasteiger partial charge in [0.25, 0.3) is 5.56 Å². The first-order chi connectivity index (χ1) is 14.4. The van der Waals surface area contributed by atoms with E-state index < -0.39 is 5.41 Å². The zero-order valence-electron chi connectivity index (χ0n) is 17.4. The van der Waals surface area contributed by atoms with Crippen LogP contribution < -0.4 is 5.56 Å². The first-order valence-electron chi connectivity index (χ1n) is 10.4. The highest BCUT2D eigenvalue weighted by molar-refractivity contribution is 5.87. The molecule has 6 nitrogen and oxygen atoms in total. The molecule has 2 aromatic heterocycles. The van der Waals surface area contributed by atoms with Crippen molar-refractivity contribution >= 4 is 16.9 Å². The molecule has 0 bridgehead atoms. The minimum absolute atomic E-state index is 0.00244. The van der Waals surface area contributed by atoms with Crippen LogP contribution in [0.2, 0.25) is 0 Å². The summed E-state index contributed by atoms with van der Waals surface area (Å²) in [6.45, 7) is 6.47. The number of nitrogens with zero attached hydrogens (tertiary/aromatic N) is 2. The summed E-state index contributed by atoms with van der Waals surface area (Å²) in [7, 11) is 0. The molecule has 1 atom stereocenters. The van der Waals surface area contributed by atoms with E-state index in [9.17, 15) is 9.59 Å². The highest BCUT2D eigenvalue weighted by Gasteiger charge is 2.47. The van der Waals surface area contributed by atoms with E-state index in [0.29, 0.717) is 18.5 Å². The number of ether oxygens (including phenoxy) is 2. The van der Waals surface area contributed by atoms with Crippen molar-refractivity contribution in [1.29, 1.82) is 0 Å². The summed E-state index contributed by atoms with van der Waals surface area (Å²) in [5, 5.41) is 1.05. The van der Waals surface area contributed by atoms with Crippen molar-refractivity contribution in [1.82, 2.24) is 9.55 Å². The van der Waals surface area contributed by atoms with Gasteiger partial charge in [-0.2, -0.15) is 0 Å². The fraction of sp³-hybridized carbons (Fsp3) is 0.375. The van der Waals surface area contributed by atoms with Crippen LogP contribution in [0.3, 0.4) is 0 Å². The maximum absolute atomic E-state index is 13.4. The van der Waals surface area contributed by atoms with Gasteiger partial charge in [0.15, 0.2) is 0 Å². The van der Waals surface area contributed by atoms with Gasteiger partial charge in [-0.25, -0.2) is 4.98 Å². The maximum Gasteiger partial charge on any atom is 0.319 e. The Kier molecular flexibility index (Phi) is 4.29. The molecular formula is C24H24N2O4. The summed E-state index contributed by atoms with van der Waals surface area (Å²) in [6.07, 6.45) is 0.461. The van der Waals surface area contributed by atoms with Crippen molar-refractivity contribution < 1.29 is 14.3 Å². The molecule has 0 amide bonds. The van der Waals surface area contributed by atoms with Crippen LogP contribution in [0.25, 0.3) is 22.3 Å². The van der Waals surface area contributed by atoms with Crippen molar-refractivity contribution in [3.8, 4) is 11.4 Å². The maximum atomic E-state index is 13.4. The van der Waals surface area contributed by atoms with E-state index >= 15 is 0 Å². The molecule has 0 saturated carbocycles. The van der Waals surface area contributed by atoms with Gasteiger partial charge in [-0.3, -0.25) is 9.59 Å². The Morgan fingerprint density at radius 2 is 2.03 bits per heavy atom. The van der Waals surface area contributed by atoms with Gasteiger partial charge in [0.05, 0.1) is 41.7 Å². The van der Waals surface area contributed by atoms with E-state index in [2.05, 4.69) is 6.07 Å². The Morgan fingerprint density at radius 3 is 2.80 bits per heavy atom. The van der Waals surface area contributed by atoms with Crippen LogP contribution in [0.5, 0.6) is 0 Å². The lowest BCUT2D eigenvalue weighted by molar-refractivity contribution is -0.158. The lowest BCUT2D eigenvalue weighted by Crippen LogP contribution is -2.48. The average molecular weight is 404 g/mol. The summed E-state index contributed by atoms with van der Waals surface area (Å²) in [5.41, 5.74) is 3.65. The molecule has 0 N–H and O–H groups in total. The Labute approximate surface area is 174 Å². The number of rotatable bonds is 4. The molecule has 154 valence electrons. The van der Waals surface area contributed by atoms with Gasteiger partial charge in [0, 0.05) is 10.9 Å². The minimum Gasteiger partial charge on any atom is -0.460 e. The number of carbonyl (C=O) groups is 1. The smallest absolute Gasteiger partial charge is 0.319 e. The van der Waals surface area contributed by atoms with Crippen LogP contribution in [-0.4, -0.2) is 28.2 Å². The number of para-hydroxylation sites is 1. The molecule has 2 aliphatic heterocycles. The Morgan fingerprint density at radius 1 is 1.23 bits per heavy atom. The molecule has 0 aliphatic carbocycles. The van der Waals surface area contributed by atoms with E-state index in [0.717, 1.165) is 33.4 Å². The first-order valence-corrected chi connectivity index (χ1v) is 10.4. The summed E-state index contributed by atoms with van der Waals surface area (Å²) in [4.78, 5) is 31.2. The largest absolute Gasteiger partial charge is 0.460 e. The number of cyclic esters (lactones) is 1. The normalized spacial score (nSPS) is 19.5. The molecule has 0 saturated heterocycles. The molecule has 30 heavy (non-hydrogen) atoms. The van der Waals surface area contributed by atoms with Gasteiger partial charge in [0.2, 0.25) is 0 Å². The predicted molar refractivity (Wildman–Crippen MR) is 113 cm³/mol. The van der Waals surface area contributed by atoms with Gasteiger partial charge in [-0.15, -0.1) is 0 Å². The zero-order valence-corrected chi connectivity index (χ0v) is 17.4. The molecule has 4 heterocycles. The van der Waals surface area contributed by atoms with E-state index in [4.69, 9.17) is 14.5 Å². The molecule has 0 radical (unpaired) electrons. The van der Waals surface area contributed by atoms with E-state index in [-0.39, 0.29) is 30.8 Å². The molecule has 1 unspecified atom stereocenters. The number of esters is 1. The SMILES string of the molecule is CCC1(COC(C)C)C(=O)OCc2c1cc1n(c2=O)Cc2cc3ccccc3nc2-1. The lowest BCUT2D eigenvalue weighted by atomic mass is 9.75. The second kappa shape index (κ2) is 6.77. The second-order valence-electron chi connectivity index (χ2n) is 8.37.